The molecular weight excluding hydrogens is 486 g/mol. The summed E-state index contributed by atoms with van der Waals surface area (Å²) in [6, 6.07) is 13.1. The smallest absolute Gasteiger partial charge is 0.167 e. The van der Waals surface area contributed by atoms with Gasteiger partial charge in [-0.15, -0.1) is 11.3 Å². The number of anilines is 1. The first-order valence-electron chi connectivity index (χ1n) is 12.3. The van der Waals surface area contributed by atoms with Crippen molar-refractivity contribution in [3.05, 3.63) is 78.1 Å². The number of aromatic nitrogens is 3. The fraction of sp³-hybridized carbons (Fsp3) is 0.286. The summed E-state index contributed by atoms with van der Waals surface area (Å²) >= 11 is 1.66. The zero-order valence-electron chi connectivity index (χ0n) is 20.7. The van der Waals surface area contributed by atoms with E-state index in [9.17, 15) is 5.11 Å². The Balaban J connectivity index is 1.41. The number of rotatable bonds is 6. The summed E-state index contributed by atoms with van der Waals surface area (Å²) in [5.41, 5.74) is 3.47. The average molecular weight is 514 g/mol. The molecule has 1 atom stereocenters. The molecule has 0 bridgehead atoms. The third-order valence-electron chi connectivity index (χ3n) is 6.23. The van der Waals surface area contributed by atoms with Gasteiger partial charge in [-0.05, 0) is 49.7 Å². The molecule has 0 spiro atoms. The molecular formula is C28H27N5O3S. The molecule has 1 aromatic carbocycles. The van der Waals surface area contributed by atoms with Gasteiger partial charge in [-0.3, -0.25) is 9.98 Å². The van der Waals surface area contributed by atoms with Crippen molar-refractivity contribution in [2.45, 2.75) is 26.0 Å². The Morgan fingerprint density at radius 3 is 2.65 bits per heavy atom. The van der Waals surface area contributed by atoms with E-state index in [1.807, 2.05) is 50.2 Å². The summed E-state index contributed by atoms with van der Waals surface area (Å²) in [6.45, 7) is 6.77. The van der Waals surface area contributed by atoms with Gasteiger partial charge < -0.3 is 19.5 Å². The van der Waals surface area contributed by atoms with Gasteiger partial charge in [-0.2, -0.15) is 0 Å². The molecule has 1 unspecified atom stereocenters. The number of aliphatic hydroxyl groups is 1. The van der Waals surface area contributed by atoms with Crippen molar-refractivity contribution in [3.63, 3.8) is 0 Å². The van der Waals surface area contributed by atoms with Crippen LogP contribution in [0.3, 0.4) is 0 Å². The zero-order chi connectivity index (χ0) is 25.4. The largest absolute Gasteiger partial charge is 0.509 e. The van der Waals surface area contributed by atoms with Crippen LogP contribution in [0.25, 0.3) is 20.7 Å². The molecule has 0 amide bonds. The molecule has 37 heavy (non-hydrogen) atoms. The zero-order valence-corrected chi connectivity index (χ0v) is 21.5. The summed E-state index contributed by atoms with van der Waals surface area (Å²) in [4.78, 5) is 22.2. The number of benzene rings is 1. The second-order valence-electron chi connectivity index (χ2n) is 9.25. The molecule has 1 saturated heterocycles. The van der Waals surface area contributed by atoms with Crippen molar-refractivity contribution in [2.75, 3.05) is 31.2 Å². The molecule has 0 aliphatic carbocycles. The number of pyridine rings is 1. The number of hydrogen-bond acceptors (Lipinski definition) is 9. The summed E-state index contributed by atoms with van der Waals surface area (Å²) < 4.78 is 12.4. The maximum absolute atomic E-state index is 10.9. The number of allylic oxidation sites excluding steroid dienone is 1. The molecule has 2 aliphatic rings. The van der Waals surface area contributed by atoms with Gasteiger partial charge in [-0.25, -0.2) is 9.97 Å². The van der Waals surface area contributed by atoms with Gasteiger partial charge in [0.25, 0.3) is 0 Å². The van der Waals surface area contributed by atoms with Gasteiger partial charge in [0.15, 0.2) is 17.7 Å². The van der Waals surface area contributed by atoms with Gasteiger partial charge in [0.2, 0.25) is 0 Å². The number of fused-ring (bicyclic) bond motifs is 1. The van der Waals surface area contributed by atoms with E-state index in [4.69, 9.17) is 24.4 Å². The van der Waals surface area contributed by atoms with Crippen molar-refractivity contribution in [1.29, 1.82) is 0 Å². The summed E-state index contributed by atoms with van der Waals surface area (Å²) in [6.07, 6.45) is 5.34. The topological polar surface area (TPSA) is 93.0 Å². The van der Waals surface area contributed by atoms with Gasteiger partial charge in [0.05, 0.1) is 35.2 Å². The lowest BCUT2D eigenvalue weighted by atomic mass is 10.1. The fourth-order valence-corrected chi connectivity index (χ4v) is 5.63. The van der Waals surface area contributed by atoms with Gasteiger partial charge in [0, 0.05) is 42.0 Å². The number of aliphatic imine (C=N–C) groups is 1. The van der Waals surface area contributed by atoms with E-state index in [-0.39, 0.29) is 11.9 Å². The highest BCUT2D eigenvalue weighted by Crippen LogP contribution is 2.39. The molecule has 5 heterocycles. The van der Waals surface area contributed by atoms with E-state index in [2.05, 4.69) is 16.0 Å². The number of morpholine rings is 1. The van der Waals surface area contributed by atoms with Crippen molar-refractivity contribution >= 4 is 33.1 Å². The molecule has 0 radical (unpaired) electrons. The molecule has 1 N–H and O–H groups in total. The third kappa shape index (κ3) is 4.80. The Kier molecular flexibility index (Phi) is 6.31. The standard InChI is InChI=1S/C28H27N5O3S/c1-17(2)36-20-5-3-4-19(14-20)21-15-23(34)25(30-21)27-31-22-16-24(18-6-8-29-9-7-18)37-26(22)28(32-27)33-10-12-35-13-11-33/h3-9,14-17,25,34H,10-13H2,1-2H3. The maximum Gasteiger partial charge on any atom is 0.167 e. The lowest BCUT2D eigenvalue weighted by Crippen LogP contribution is -2.37. The first-order valence-corrected chi connectivity index (χ1v) is 13.2. The molecule has 4 aromatic rings. The van der Waals surface area contributed by atoms with Crippen molar-refractivity contribution in [2.24, 2.45) is 4.99 Å². The van der Waals surface area contributed by atoms with E-state index in [1.54, 1.807) is 29.8 Å². The molecule has 6 rings (SSSR count). The Morgan fingerprint density at radius 1 is 1.05 bits per heavy atom. The van der Waals surface area contributed by atoms with Crippen LogP contribution in [0.15, 0.2) is 71.7 Å². The highest BCUT2D eigenvalue weighted by Gasteiger charge is 2.29. The molecule has 2 aliphatic heterocycles. The van der Waals surface area contributed by atoms with E-state index < -0.39 is 6.04 Å². The second-order valence-corrected chi connectivity index (χ2v) is 10.3. The van der Waals surface area contributed by atoms with Crippen LogP contribution >= 0.6 is 11.3 Å². The van der Waals surface area contributed by atoms with Crippen LogP contribution in [-0.2, 0) is 4.74 Å². The summed E-state index contributed by atoms with van der Waals surface area (Å²) in [5.74, 6) is 2.23. The van der Waals surface area contributed by atoms with Crippen LogP contribution in [-0.4, -0.2) is 58.2 Å². The molecule has 3 aromatic heterocycles. The van der Waals surface area contributed by atoms with Crippen LogP contribution < -0.4 is 9.64 Å². The minimum Gasteiger partial charge on any atom is -0.509 e. The predicted octanol–water partition coefficient (Wildman–Crippen LogP) is 5.36. The Morgan fingerprint density at radius 2 is 1.86 bits per heavy atom. The number of nitrogens with zero attached hydrogens (tertiary/aromatic N) is 5. The third-order valence-corrected chi connectivity index (χ3v) is 7.39. The molecule has 9 heteroatoms. The van der Waals surface area contributed by atoms with E-state index in [0.29, 0.717) is 24.7 Å². The number of thiophene rings is 1. The quantitative estimate of drug-likeness (QED) is 0.371. The van der Waals surface area contributed by atoms with Crippen molar-refractivity contribution in [1.82, 2.24) is 15.0 Å². The molecule has 188 valence electrons. The first kappa shape index (κ1) is 23.6. The highest BCUT2D eigenvalue weighted by molar-refractivity contribution is 7.22. The van der Waals surface area contributed by atoms with Gasteiger partial charge in [-0.1, -0.05) is 12.1 Å². The minimum absolute atomic E-state index is 0.0684. The van der Waals surface area contributed by atoms with Crippen LogP contribution in [0.2, 0.25) is 0 Å². The van der Waals surface area contributed by atoms with Crippen molar-refractivity contribution < 1.29 is 14.6 Å². The highest BCUT2D eigenvalue weighted by atomic mass is 32.1. The second kappa shape index (κ2) is 9.91. The van der Waals surface area contributed by atoms with Gasteiger partial charge >= 0.3 is 0 Å². The minimum atomic E-state index is -0.668. The average Bonchev–Trinajstić information content (AvgIpc) is 3.53. The van der Waals surface area contributed by atoms with E-state index in [1.165, 1.54) is 0 Å². The summed E-state index contributed by atoms with van der Waals surface area (Å²) in [5, 5.41) is 10.9. The number of hydrogen-bond donors (Lipinski definition) is 1. The lowest BCUT2D eigenvalue weighted by molar-refractivity contribution is 0.122. The number of aliphatic hydroxyl groups excluding tert-OH is 1. The molecule has 1 fully saturated rings. The first-order chi connectivity index (χ1) is 18.0. The lowest BCUT2D eigenvalue weighted by Gasteiger charge is -2.28. The van der Waals surface area contributed by atoms with Crippen LogP contribution in [0.1, 0.15) is 31.3 Å². The van der Waals surface area contributed by atoms with Crippen LogP contribution in [0.4, 0.5) is 5.82 Å². The van der Waals surface area contributed by atoms with E-state index in [0.717, 1.165) is 50.9 Å². The Bertz CT molecular complexity index is 1490. The van der Waals surface area contributed by atoms with Gasteiger partial charge in [0.1, 0.15) is 11.5 Å². The maximum atomic E-state index is 10.9. The molecule has 8 nitrogen and oxygen atoms in total. The SMILES string of the molecule is CC(C)Oc1cccc(C2=NC(c3nc(N4CCOCC4)c4sc(-c5ccncc5)cc4n3)C(O)=C2)c1. The Hall–Kier alpha value is -3.82. The Labute approximate surface area is 219 Å². The van der Waals surface area contributed by atoms with E-state index >= 15 is 0 Å². The molecule has 0 saturated carbocycles. The van der Waals surface area contributed by atoms with Crippen molar-refractivity contribution in [3.8, 4) is 16.2 Å². The van der Waals surface area contributed by atoms with Crippen LogP contribution in [0.5, 0.6) is 5.75 Å². The number of ether oxygens (including phenoxy) is 2. The predicted molar refractivity (Wildman–Crippen MR) is 146 cm³/mol. The summed E-state index contributed by atoms with van der Waals surface area (Å²) in [7, 11) is 0. The fourth-order valence-electron chi connectivity index (χ4n) is 4.51. The normalized spacial score (nSPS) is 17.8. The van der Waals surface area contributed by atoms with Crippen LogP contribution in [0, 0.1) is 0 Å². The monoisotopic (exact) mass is 513 g/mol.